The highest BCUT2D eigenvalue weighted by Crippen LogP contribution is 2.30. The molecule has 4 heteroatoms. The molecule has 100 valence electrons. The minimum Gasteiger partial charge on any atom is -0.490 e. The van der Waals surface area contributed by atoms with Crippen molar-refractivity contribution < 1.29 is 4.74 Å². The monoisotopic (exact) mass is 266 g/mol. The first kappa shape index (κ1) is 14.9. The summed E-state index contributed by atoms with van der Waals surface area (Å²) in [5, 5.41) is 7.73. The quantitative estimate of drug-likeness (QED) is 0.450. The summed E-state index contributed by atoms with van der Waals surface area (Å²) in [5.74, 6) is 1.75. The molecule has 0 saturated carbocycles. The van der Waals surface area contributed by atoms with E-state index >= 15 is 0 Å². The summed E-state index contributed by atoms with van der Waals surface area (Å²) in [6.07, 6.45) is 2.23. The van der Waals surface area contributed by atoms with Gasteiger partial charge in [0.1, 0.15) is 11.6 Å². The number of benzene rings is 1. The predicted molar refractivity (Wildman–Crippen MR) is 78.9 cm³/mol. The van der Waals surface area contributed by atoms with Crippen LogP contribution < -0.4 is 10.5 Å². The van der Waals surface area contributed by atoms with Crippen LogP contribution in [0.2, 0.25) is 0 Å². The standard InChI is InChI=1S/C14H22N2OS/c1-4-7-10(3)17-11-8-6-9-12(18-5-2)13(11)14(15)16/h6,8-10H,4-5,7H2,1-3H3,(H3,15,16). The van der Waals surface area contributed by atoms with Crippen molar-refractivity contribution in [3.8, 4) is 5.75 Å². The summed E-state index contributed by atoms with van der Waals surface area (Å²) in [5.41, 5.74) is 6.41. The van der Waals surface area contributed by atoms with Crippen LogP contribution in [-0.2, 0) is 0 Å². The molecule has 0 bridgehead atoms. The van der Waals surface area contributed by atoms with Crippen molar-refractivity contribution in [2.24, 2.45) is 5.73 Å². The van der Waals surface area contributed by atoms with Crippen molar-refractivity contribution in [3.63, 3.8) is 0 Å². The molecular weight excluding hydrogens is 244 g/mol. The van der Waals surface area contributed by atoms with Crippen LogP contribution in [0.3, 0.4) is 0 Å². The molecule has 3 nitrogen and oxygen atoms in total. The van der Waals surface area contributed by atoms with Crippen molar-refractivity contribution in [1.29, 1.82) is 5.41 Å². The Hall–Kier alpha value is -1.16. The van der Waals surface area contributed by atoms with Gasteiger partial charge in [0.25, 0.3) is 0 Å². The number of ether oxygens (including phenoxy) is 1. The Bertz CT molecular complexity index is 407. The molecule has 0 heterocycles. The maximum absolute atomic E-state index is 7.73. The Kier molecular flexibility index (Phi) is 6.05. The summed E-state index contributed by atoms with van der Waals surface area (Å²) in [4.78, 5) is 1.02. The zero-order valence-electron chi connectivity index (χ0n) is 11.3. The van der Waals surface area contributed by atoms with E-state index in [0.29, 0.717) is 0 Å². The highest BCUT2D eigenvalue weighted by Gasteiger charge is 2.14. The van der Waals surface area contributed by atoms with Crippen LogP contribution in [0, 0.1) is 5.41 Å². The molecule has 0 aliphatic heterocycles. The molecule has 0 aliphatic carbocycles. The Balaban J connectivity index is 3.02. The van der Waals surface area contributed by atoms with E-state index in [0.717, 1.165) is 34.8 Å². The second-order valence-electron chi connectivity index (χ2n) is 4.19. The van der Waals surface area contributed by atoms with E-state index in [9.17, 15) is 0 Å². The third-order valence-corrected chi connectivity index (χ3v) is 3.52. The number of nitrogen functional groups attached to an aromatic ring is 1. The molecule has 1 unspecified atom stereocenters. The van der Waals surface area contributed by atoms with E-state index < -0.39 is 0 Å². The van der Waals surface area contributed by atoms with Crippen molar-refractivity contribution in [3.05, 3.63) is 23.8 Å². The molecule has 1 atom stereocenters. The molecule has 0 aromatic heterocycles. The number of hydrogen-bond donors (Lipinski definition) is 2. The summed E-state index contributed by atoms with van der Waals surface area (Å²) >= 11 is 1.68. The zero-order valence-corrected chi connectivity index (χ0v) is 12.1. The molecule has 1 aromatic carbocycles. The summed E-state index contributed by atoms with van der Waals surface area (Å²) in [6, 6.07) is 5.84. The average molecular weight is 266 g/mol. The lowest BCUT2D eigenvalue weighted by molar-refractivity contribution is 0.209. The molecule has 0 spiro atoms. The van der Waals surface area contributed by atoms with Crippen LogP contribution in [-0.4, -0.2) is 17.7 Å². The Labute approximate surface area is 114 Å². The van der Waals surface area contributed by atoms with Crippen molar-refractivity contribution in [2.75, 3.05) is 5.75 Å². The third kappa shape index (κ3) is 3.95. The molecule has 0 radical (unpaired) electrons. The maximum atomic E-state index is 7.73. The van der Waals surface area contributed by atoms with Crippen molar-refractivity contribution in [2.45, 2.75) is 44.6 Å². The Morgan fingerprint density at radius 2 is 2.17 bits per heavy atom. The minimum absolute atomic E-state index is 0.0743. The van der Waals surface area contributed by atoms with Crippen LogP contribution in [0.5, 0.6) is 5.75 Å². The van der Waals surface area contributed by atoms with Gasteiger partial charge >= 0.3 is 0 Å². The molecule has 1 aromatic rings. The fourth-order valence-corrected chi connectivity index (χ4v) is 2.67. The van der Waals surface area contributed by atoms with Crippen LogP contribution >= 0.6 is 11.8 Å². The molecule has 0 fully saturated rings. The number of thioether (sulfide) groups is 1. The average Bonchev–Trinajstić information content (AvgIpc) is 2.29. The highest BCUT2D eigenvalue weighted by atomic mass is 32.2. The number of amidine groups is 1. The summed E-state index contributed by atoms with van der Waals surface area (Å²) in [7, 11) is 0. The minimum atomic E-state index is 0.0743. The van der Waals surface area contributed by atoms with Gasteiger partial charge in [0.15, 0.2) is 0 Å². The fraction of sp³-hybridized carbons (Fsp3) is 0.500. The van der Waals surface area contributed by atoms with Gasteiger partial charge in [-0.25, -0.2) is 0 Å². The van der Waals surface area contributed by atoms with E-state index in [1.807, 2.05) is 25.1 Å². The van der Waals surface area contributed by atoms with Gasteiger partial charge in [-0.3, -0.25) is 5.41 Å². The van der Waals surface area contributed by atoms with Gasteiger partial charge in [-0.1, -0.05) is 26.3 Å². The topological polar surface area (TPSA) is 59.1 Å². The van der Waals surface area contributed by atoms with Crippen LogP contribution in [0.4, 0.5) is 0 Å². The summed E-state index contributed by atoms with van der Waals surface area (Å²) < 4.78 is 5.90. The van der Waals surface area contributed by atoms with Crippen LogP contribution in [0.1, 0.15) is 39.2 Å². The van der Waals surface area contributed by atoms with Crippen LogP contribution in [0.15, 0.2) is 23.1 Å². The SMILES string of the molecule is CCCC(C)Oc1cccc(SCC)c1C(=N)N. The number of rotatable bonds is 7. The van der Waals surface area contributed by atoms with Gasteiger partial charge in [0.2, 0.25) is 0 Å². The van der Waals surface area contributed by atoms with Crippen molar-refractivity contribution >= 4 is 17.6 Å². The van der Waals surface area contributed by atoms with E-state index in [4.69, 9.17) is 15.9 Å². The Morgan fingerprint density at radius 3 is 2.72 bits per heavy atom. The highest BCUT2D eigenvalue weighted by molar-refractivity contribution is 7.99. The first-order chi connectivity index (χ1) is 8.60. The second-order valence-corrected chi connectivity index (χ2v) is 5.50. The molecule has 1 rings (SSSR count). The summed E-state index contributed by atoms with van der Waals surface area (Å²) in [6.45, 7) is 6.27. The van der Waals surface area contributed by atoms with E-state index in [1.54, 1.807) is 11.8 Å². The lowest BCUT2D eigenvalue weighted by atomic mass is 10.1. The predicted octanol–water partition coefficient (Wildman–Crippen LogP) is 3.65. The van der Waals surface area contributed by atoms with E-state index in [2.05, 4.69) is 13.8 Å². The molecular formula is C14H22N2OS. The number of nitrogens with two attached hydrogens (primary N) is 1. The molecule has 0 aliphatic rings. The Morgan fingerprint density at radius 1 is 1.44 bits per heavy atom. The second kappa shape index (κ2) is 7.31. The first-order valence-electron chi connectivity index (χ1n) is 6.37. The third-order valence-electron chi connectivity index (χ3n) is 2.58. The number of hydrogen-bond acceptors (Lipinski definition) is 3. The smallest absolute Gasteiger partial charge is 0.131 e. The molecule has 0 amide bonds. The lowest BCUT2D eigenvalue weighted by Gasteiger charge is -2.18. The zero-order chi connectivity index (χ0) is 13.5. The molecule has 0 saturated heterocycles. The van der Waals surface area contributed by atoms with Gasteiger partial charge in [0, 0.05) is 4.90 Å². The molecule has 18 heavy (non-hydrogen) atoms. The maximum Gasteiger partial charge on any atom is 0.131 e. The number of nitrogens with one attached hydrogen (secondary N) is 1. The van der Waals surface area contributed by atoms with Crippen molar-refractivity contribution in [1.82, 2.24) is 0 Å². The lowest BCUT2D eigenvalue weighted by Crippen LogP contribution is -2.18. The normalized spacial score (nSPS) is 12.2. The van der Waals surface area contributed by atoms with Crippen LogP contribution in [0.25, 0.3) is 0 Å². The van der Waals surface area contributed by atoms with E-state index in [-0.39, 0.29) is 11.9 Å². The van der Waals surface area contributed by atoms with Gasteiger partial charge in [-0.05, 0) is 31.2 Å². The van der Waals surface area contributed by atoms with Gasteiger partial charge in [0.05, 0.1) is 11.7 Å². The van der Waals surface area contributed by atoms with Gasteiger partial charge < -0.3 is 10.5 Å². The largest absolute Gasteiger partial charge is 0.490 e. The fourth-order valence-electron chi connectivity index (χ4n) is 1.83. The first-order valence-corrected chi connectivity index (χ1v) is 7.35. The van der Waals surface area contributed by atoms with E-state index in [1.165, 1.54) is 0 Å². The molecule has 3 N–H and O–H groups in total. The van der Waals surface area contributed by atoms with Gasteiger partial charge in [-0.2, -0.15) is 0 Å². The van der Waals surface area contributed by atoms with Gasteiger partial charge in [-0.15, -0.1) is 11.8 Å².